The number of carbonyl (C=O) groups is 5. The molecule has 4 atom stereocenters. The summed E-state index contributed by atoms with van der Waals surface area (Å²) >= 11 is 1.29. The molecule has 56 heavy (non-hydrogen) atoms. The Labute approximate surface area is 328 Å². The molecule has 1 aromatic carbocycles. The Hall–Kier alpha value is -5.78. The van der Waals surface area contributed by atoms with E-state index in [0.717, 1.165) is 36.2 Å². The first-order valence-electron chi connectivity index (χ1n) is 18.7. The molecule has 18 heteroatoms. The summed E-state index contributed by atoms with van der Waals surface area (Å²) in [6.45, 7) is 8.52. The number of likely N-dealkylation sites (tertiary alicyclic amines) is 2. The molecule has 2 aliphatic rings. The third-order valence-corrected chi connectivity index (χ3v) is 10.9. The van der Waals surface area contributed by atoms with Crippen molar-refractivity contribution in [3.8, 4) is 11.3 Å². The van der Waals surface area contributed by atoms with Crippen LogP contribution in [0.3, 0.4) is 0 Å². The number of anilines is 2. The number of ether oxygens (including phenoxy) is 2. The first-order chi connectivity index (χ1) is 26.9. The molecule has 0 spiro atoms. The molecule has 2 saturated heterocycles. The zero-order valence-electron chi connectivity index (χ0n) is 32.3. The lowest BCUT2D eigenvalue weighted by atomic mass is 10.0. The fourth-order valence-electron chi connectivity index (χ4n) is 7.15. The summed E-state index contributed by atoms with van der Waals surface area (Å²) in [5.74, 6) is 0.105. The molecule has 2 fully saturated rings. The number of hydrogen-bond acceptors (Lipinski definition) is 12. The largest absolute Gasteiger partial charge is 0.453 e. The standard InChI is InChI=1S/C38H48N10O7S/c1-20(2)28(45-37(52)54-5)35(50)47-15-7-9-26(47)32-39-17-24(43-32)22-11-13-23(14-12-22)42-34-30(41-19-56-34)31(49)25-18-40-33(44-25)27-10-8-16-48(27)36(51)29(21(3)4)46-38(53)55-6/h11-14,17-21,26-29,42H,7-10,15-16H2,1-6H3,(H,39,43)(H,40,44)(H,45,52)(H,46,53). The summed E-state index contributed by atoms with van der Waals surface area (Å²) in [4.78, 5) is 88.1. The van der Waals surface area contributed by atoms with Gasteiger partial charge in [-0.2, -0.15) is 0 Å². The number of nitrogens with zero attached hydrogens (tertiary/aromatic N) is 5. The number of aromatic amines is 2. The Morgan fingerprint density at radius 2 is 1.30 bits per heavy atom. The zero-order valence-corrected chi connectivity index (χ0v) is 33.1. The number of rotatable bonds is 13. The number of benzene rings is 1. The van der Waals surface area contributed by atoms with Gasteiger partial charge >= 0.3 is 12.2 Å². The maximum atomic E-state index is 13.7. The van der Waals surface area contributed by atoms with Gasteiger partial charge in [0.05, 0.1) is 49.9 Å². The SMILES string of the molecule is COC(=O)NC(C(=O)N1CCCC1c1ncc(C(=O)c2ncsc2Nc2ccc(-c3cnc(C4CCCN4C(=O)C(NC(=O)OC)C(C)C)[nH]3)cc2)[nH]1)C(C)C. The van der Waals surface area contributed by atoms with E-state index >= 15 is 0 Å². The fraction of sp³-hybridized carbons (Fsp3) is 0.474. The van der Waals surface area contributed by atoms with Gasteiger partial charge in [0.15, 0.2) is 0 Å². The highest BCUT2D eigenvalue weighted by Gasteiger charge is 2.39. The van der Waals surface area contributed by atoms with Crippen LogP contribution in [0.1, 0.15) is 93.3 Å². The molecule has 298 valence electrons. The maximum absolute atomic E-state index is 13.7. The van der Waals surface area contributed by atoms with Crippen LogP contribution in [0.15, 0.2) is 42.2 Å². The van der Waals surface area contributed by atoms with Crippen LogP contribution in [0.4, 0.5) is 20.3 Å². The predicted octanol–water partition coefficient (Wildman–Crippen LogP) is 5.32. The minimum Gasteiger partial charge on any atom is -0.453 e. The lowest BCUT2D eigenvalue weighted by Crippen LogP contribution is -2.51. The van der Waals surface area contributed by atoms with E-state index in [-0.39, 0.29) is 52.9 Å². The van der Waals surface area contributed by atoms with Gasteiger partial charge in [0.1, 0.15) is 40.1 Å². The van der Waals surface area contributed by atoms with E-state index in [1.54, 1.807) is 21.5 Å². The molecule has 0 saturated carbocycles. The zero-order chi connectivity index (χ0) is 40.1. The Balaban J connectivity index is 1.10. The first kappa shape index (κ1) is 39.9. The second kappa shape index (κ2) is 17.3. The molecule has 6 rings (SSSR count). The Kier molecular flexibility index (Phi) is 12.4. The summed E-state index contributed by atoms with van der Waals surface area (Å²) in [6, 6.07) is 5.51. The average Bonchev–Trinajstić information content (AvgIpc) is 4.04. The molecule has 2 aliphatic heterocycles. The normalized spacial score (nSPS) is 17.9. The third-order valence-electron chi connectivity index (χ3n) is 10.2. The summed E-state index contributed by atoms with van der Waals surface area (Å²) in [6.07, 6.45) is 4.85. The molecular weight excluding hydrogens is 741 g/mol. The summed E-state index contributed by atoms with van der Waals surface area (Å²) in [5, 5.41) is 9.18. The Morgan fingerprint density at radius 1 is 0.768 bits per heavy atom. The smallest absolute Gasteiger partial charge is 0.407 e. The molecule has 0 radical (unpaired) electrons. The van der Waals surface area contributed by atoms with Gasteiger partial charge in [0.2, 0.25) is 17.6 Å². The second-order valence-electron chi connectivity index (χ2n) is 14.5. The molecule has 5 N–H and O–H groups in total. The summed E-state index contributed by atoms with van der Waals surface area (Å²) in [7, 11) is 2.53. The first-order valence-corrected chi connectivity index (χ1v) is 19.5. The topological polar surface area (TPSA) is 217 Å². The van der Waals surface area contributed by atoms with Gasteiger partial charge in [-0.05, 0) is 55.2 Å². The van der Waals surface area contributed by atoms with Gasteiger partial charge in [-0.1, -0.05) is 39.8 Å². The van der Waals surface area contributed by atoms with Crippen LogP contribution in [-0.4, -0.2) is 104 Å². The van der Waals surface area contributed by atoms with Gasteiger partial charge in [-0.3, -0.25) is 14.4 Å². The minimum absolute atomic E-state index is 0.130. The van der Waals surface area contributed by atoms with Gasteiger partial charge < -0.3 is 45.2 Å². The minimum atomic E-state index is -0.768. The van der Waals surface area contributed by atoms with Crippen LogP contribution in [0, 0.1) is 11.8 Å². The number of methoxy groups -OCH3 is 2. The highest BCUT2D eigenvalue weighted by Crippen LogP contribution is 2.35. The van der Waals surface area contributed by atoms with Crippen molar-refractivity contribution in [2.24, 2.45) is 11.8 Å². The molecular formula is C38H48N10O7S. The Morgan fingerprint density at radius 3 is 1.84 bits per heavy atom. The predicted molar refractivity (Wildman–Crippen MR) is 207 cm³/mol. The maximum Gasteiger partial charge on any atom is 0.407 e. The van der Waals surface area contributed by atoms with Crippen LogP contribution in [0.25, 0.3) is 11.3 Å². The Bertz CT molecular complexity index is 2040. The highest BCUT2D eigenvalue weighted by atomic mass is 32.1. The van der Waals surface area contributed by atoms with E-state index in [1.807, 2.05) is 52.0 Å². The number of alkyl carbamates (subject to hydrolysis) is 2. The van der Waals surface area contributed by atoms with Crippen molar-refractivity contribution in [1.29, 1.82) is 0 Å². The van der Waals surface area contributed by atoms with E-state index in [9.17, 15) is 24.0 Å². The quantitative estimate of drug-likeness (QED) is 0.109. The van der Waals surface area contributed by atoms with Crippen LogP contribution in [-0.2, 0) is 19.1 Å². The lowest BCUT2D eigenvalue weighted by molar-refractivity contribution is -0.136. The molecule has 0 bridgehead atoms. The summed E-state index contributed by atoms with van der Waals surface area (Å²) in [5.41, 5.74) is 4.47. The molecule has 4 amide bonds. The van der Waals surface area contributed by atoms with Crippen molar-refractivity contribution in [3.63, 3.8) is 0 Å². The van der Waals surface area contributed by atoms with Gasteiger partial charge in [0.25, 0.3) is 0 Å². The van der Waals surface area contributed by atoms with Crippen molar-refractivity contribution >= 4 is 51.8 Å². The summed E-state index contributed by atoms with van der Waals surface area (Å²) < 4.78 is 9.47. The number of nitrogens with one attached hydrogen (secondary N) is 5. The molecule has 4 aromatic rings. The van der Waals surface area contributed by atoms with Gasteiger partial charge in [-0.15, -0.1) is 11.3 Å². The highest BCUT2D eigenvalue weighted by molar-refractivity contribution is 7.14. The van der Waals surface area contributed by atoms with E-state index in [2.05, 4.69) is 40.9 Å². The van der Waals surface area contributed by atoms with Crippen molar-refractivity contribution in [1.82, 2.24) is 45.4 Å². The van der Waals surface area contributed by atoms with Crippen LogP contribution < -0.4 is 16.0 Å². The van der Waals surface area contributed by atoms with Crippen LogP contribution >= 0.6 is 11.3 Å². The van der Waals surface area contributed by atoms with E-state index in [1.165, 1.54) is 31.8 Å². The number of ketones is 1. The van der Waals surface area contributed by atoms with Crippen molar-refractivity contribution in [2.75, 3.05) is 32.6 Å². The van der Waals surface area contributed by atoms with Gasteiger partial charge in [0, 0.05) is 18.8 Å². The van der Waals surface area contributed by atoms with E-state index in [0.29, 0.717) is 36.2 Å². The van der Waals surface area contributed by atoms with E-state index in [4.69, 9.17) is 9.47 Å². The fourth-order valence-corrected chi connectivity index (χ4v) is 7.85. The molecule has 17 nitrogen and oxygen atoms in total. The van der Waals surface area contributed by atoms with E-state index < -0.39 is 24.3 Å². The number of H-pyrrole nitrogens is 2. The molecule has 4 unspecified atom stereocenters. The second-order valence-corrected chi connectivity index (χ2v) is 15.4. The van der Waals surface area contributed by atoms with Crippen molar-refractivity contribution in [3.05, 3.63) is 65.2 Å². The van der Waals surface area contributed by atoms with Gasteiger partial charge in [-0.25, -0.2) is 24.5 Å². The van der Waals surface area contributed by atoms with Crippen LogP contribution in [0.2, 0.25) is 0 Å². The lowest BCUT2D eigenvalue weighted by Gasteiger charge is -2.30. The number of carbonyl (C=O) groups excluding carboxylic acids is 5. The molecule has 3 aromatic heterocycles. The molecule has 5 heterocycles. The number of aromatic nitrogens is 5. The monoisotopic (exact) mass is 788 g/mol. The third kappa shape index (κ3) is 8.54. The van der Waals surface area contributed by atoms with Crippen molar-refractivity contribution in [2.45, 2.75) is 77.5 Å². The van der Waals surface area contributed by atoms with Crippen LogP contribution in [0.5, 0.6) is 0 Å². The average molecular weight is 789 g/mol. The number of imidazole rings is 2. The molecule has 0 aliphatic carbocycles. The number of thiazole rings is 1. The number of amides is 4. The number of hydrogen-bond donors (Lipinski definition) is 5. The van der Waals surface area contributed by atoms with Crippen molar-refractivity contribution < 1.29 is 33.4 Å².